The number of aromatic nitrogens is 2. The van der Waals surface area contributed by atoms with Crippen molar-refractivity contribution in [1.82, 2.24) is 9.36 Å². The number of nitrogens with one attached hydrogen (secondary N) is 1. The van der Waals surface area contributed by atoms with E-state index in [-0.39, 0.29) is 17.5 Å². The zero-order valence-electron chi connectivity index (χ0n) is 9.54. The first-order valence-corrected chi connectivity index (χ1v) is 6.12. The highest BCUT2D eigenvalue weighted by atomic mass is 32.1. The van der Waals surface area contributed by atoms with Crippen LogP contribution in [0.15, 0.2) is 24.3 Å². The lowest BCUT2D eigenvalue weighted by molar-refractivity contribution is -0.144. The Hall–Kier alpha value is -1.70. The minimum absolute atomic E-state index is 0.0728. The van der Waals surface area contributed by atoms with Gasteiger partial charge in [-0.2, -0.15) is 22.5 Å². The van der Waals surface area contributed by atoms with E-state index < -0.39 is 12.0 Å². The number of anilines is 1. The lowest BCUT2D eigenvalue weighted by Crippen LogP contribution is -2.09. The van der Waals surface area contributed by atoms with Crippen LogP contribution in [-0.4, -0.2) is 15.9 Å². The van der Waals surface area contributed by atoms with Crippen molar-refractivity contribution in [3.05, 3.63) is 41.5 Å². The average Bonchev–Trinajstić information content (AvgIpc) is 2.80. The molecular weight excluding hydrogens is 282 g/mol. The lowest BCUT2D eigenvalue weighted by Gasteiger charge is -2.03. The summed E-state index contributed by atoms with van der Waals surface area (Å²) in [5.41, 5.74) is 0.496. The fraction of sp³-hybridized carbons (Fsp3) is 0.273. The summed E-state index contributed by atoms with van der Waals surface area (Å²) in [5, 5.41) is 2.76. The highest BCUT2D eigenvalue weighted by molar-refractivity contribution is 7.09. The second-order valence-electron chi connectivity index (χ2n) is 3.69. The van der Waals surface area contributed by atoms with Gasteiger partial charge in [-0.15, -0.1) is 0 Å². The molecule has 0 unspecified atom stereocenters. The smallest absolute Gasteiger partial charge is 0.360 e. The summed E-state index contributed by atoms with van der Waals surface area (Å²) in [5.74, 6) is -1.50. The number of nitrogens with zero attached hydrogens (tertiary/aromatic N) is 2. The Morgan fingerprint density at radius 1 is 1.21 bits per heavy atom. The predicted octanol–water partition coefficient (Wildman–Crippen LogP) is 3.35. The van der Waals surface area contributed by atoms with Crippen LogP contribution in [-0.2, 0) is 12.6 Å². The van der Waals surface area contributed by atoms with Crippen molar-refractivity contribution in [2.45, 2.75) is 12.6 Å². The van der Waals surface area contributed by atoms with Crippen LogP contribution in [0.2, 0.25) is 0 Å². The first kappa shape index (κ1) is 13.7. The highest BCUT2D eigenvalue weighted by Crippen LogP contribution is 2.28. The molecule has 1 aromatic heterocycles. The van der Waals surface area contributed by atoms with E-state index in [0.29, 0.717) is 23.5 Å². The second kappa shape index (κ2) is 5.52. The molecule has 0 radical (unpaired) electrons. The van der Waals surface area contributed by atoms with Gasteiger partial charge in [0.05, 0.1) is 0 Å². The SMILES string of the molecule is Fc1ccccc1CCNc1nc(C(F)(F)F)ns1. The summed E-state index contributed by atoms with van der Waals surface area (Å²) < 4.78 is 53.2. The van der Waals surface area contributed by atoms with E-state index in [0.717, 1.165) is 0 Å². The third-order valence-electron chi connectivity index (χ3n) is 2.31. The molecule has 0 spiro atoms. The minimum Gasteiger partial charge on any atom is -0.360 e. The fourth-order valence-corrected chi connectivity index (χ4v) is 2.03. The van der Waals surface area contributed by atoms with Crippen LogP contribution in [0.3, 0.4) is 0 Å². The summed E-state index contributed by atoms with van der Waals surface area (Å²) in [4.78, 5) is 3.31. The molecule has 0 aliphatic heterocycles. The molecule has 19 heavy (non-hydrogen) atoms. The highest BCUT2D eigenvalue weighted by Gasteiger charge is 2.36. The molecule has 0 fully saturated rings. The van der Waals surface area contributed by atoms with Crippen LogP contribution in [0, 0.1) is 5.82 Å². The Morgan fingerprint density at radius 3 is 2.58 bits per heavy atom. The first-order chi connectivity index (χ1) is 8.97. The second-order valence-corrected chi connectivity index (χ2v) is 4.44. The van der Waals surface area contributed by atoms with Gasteiger partial charge in [-0.25, -0.2) is 4.39 Å². The van der Waals surface area contributed by atoms with E-state index in [1.165, 1.54) is 6.07 Å². The summed E-state index contributed by atoms with van der Waals surface area (Å²) in [6.07, 6.45) is -4.18. The van der Waals surface area contributed by atoms with Gasteiger partial charge in [0.25, 0.3) is 0 Å². The first-order valence-electron chi connectivity index (χ1n) is 5.35. The maximum Gasteiger partial charge on any atom is 0.452 e. The van der Waals surface area contributed by atoms with E-state index in [9.17, 15) is 17.6 Å². The van der Waals surface area contributed by atoms with Crippen LogP contribution in [0.4, 0.5) is 22.7 Å². The third-order valence-corrected chi connectivity index (χ3v) is 2.98. The van der Waals surface area contributed by atoms with Gasteiger partial charge >= 0.3 is 6.18 Å². The number of halogens is 4. The number of alkyl halides is 3. The van der Waals surface area contributed by atoms with E-state index in [1.807, 2.05) is 0 Å². The van der Waals surface area contributed by atoms with Crippen LogP contribution >= 0.6 is 11.5 Å². The zero-order chi connectivity index (χ0) is 13.9. The number of benzene rings is 1. The van der Waals surface area contributed by atoms with Gasteiger partial charge in [-0.1, -0.05) is 18.2 Å². The molecule has 0 aliphatic carbocycles. The van der Waals surface area contributed by atoms with Crippen molar-refractivity contribution in [1.29, 1.82) is 0 Å². The van der Waals surface area contributed by atoms with Crippen LogP contribution in [0.25, 0.3) is 0 Å². The van der Waals surface area contributed by atoms with Crippen molar-refractivity contribution in [2.24, 2.45) is 0 Å². The van der Waals surface area contributed by atoms with Crippen LogP contribution in [0.1, 0.15) is 11.4 Å². The molecule has 1 aromatic carbocycles. The molecule has 3 nitrogen and oxygen atoms in total. The molecule has 0 amide bonds. The number of hydrogen-bond donors (Lipinski definition) is 1. The van der Waals surface area contributed by atoms with Crippen molar-refractivity contribution >= 4 is 16.7 Å². The van der Waals surface area contributed by atoms with Crippen molar-refractivity contribution < 1.29 is 17.6 Å². The van der Waals surface area contributed by atoms with Crippen molar-refractivity contribution in [3.8, 4) is 0 Å². The number of rotatable bonds is 4. The fourth-order valence-electron chi connectivity index (χ4n) is 1.42. The third kappa shape index (κ3) is 3.63. The predicted molar refractivity (Wildman–Crippen MR) is 63.5 cm³/mol. The van der Waals surface area contributed by atoms with Crippen molar-refractivity contribution in [2.75, 3.05) is 11.9 Å². The van der Waals surface area contributed by atoms with E-state index in [4.69, 9.17) is 0 Å². The summed E-state index contributed by atoms with van der Waals surface area (Å²) in [6, 6.07) is 6.23. The summed E-state index contributed by atoms with van der Waals surface area (Å²) >= 11 is 0.630. The molecule has 0 aliphatic rings. The molecule has 1 heterocycles. The Balaban J connectivity index is 1.90. The van der Waals surface area contributed by atoms with Gasteiger partial charge < -0.3 is 5.32 Å². The number of hydrogen-bond acceptors (Lipinski definition) is 4. The molecule has 102 valence electrons. The maximum atomic E-state index is 13.3. The molecule has 0 bridgehead atoms. The Kier molecular flexibility index (Phi) is 3.98. The Bertz CT molecular complexity index is 553. The standard InChI is InChI=1S/C11H9F4N3S/c12-8-4-2-1-3-7(8)5-6-16-10-17-9(18-19-10)11(13,14)15/h1-4H,5-6H2,(H,16,17,18). The molecule has 8 heteroatoms. The molecule has 0 saturated carbocycles. The zero-order valence-corrected chi connectivity index (χ0v) is 10.4. The van der Waals surface area contributed by atoms with Gasteiger partial charge in [0.15, 0.2) is 0 Å². The summed E-state index contributed by atoms with van der Waals surface area (Å²) in [6.45, 7) is 0.285. The Morgan fingerprint density at radius 2 is 1.95 bits per heavy atom. The summed E-state index contributed by atoms with van der Waals surface area (Å²) in [7, 11) is 0. The van der Waals surface area contributed by atoms with Gasteiger partial charge in [0, 0.05) is 18.1 Å². The topological polar surface area (TPSA) is 37.8 Å². The Labute approximate surface area is 110 Å². The van der Waals surface area contributed by atoms with E-state index in [2.05, 4.69) is 14.7 Å². The molecule has 1 N–H and O–H groups in total. The molecule has 0 atom stereocenters. The lowest BCUT2D eigenvalue weighted by atomic mass is 10.1. The van der Waals surface area contributed by atoms with Crippen LogP contribution in [0.5, 0.6) is 0 Å². The van der Waals surface area contributed by atoms with Gasteiger partial charge in [0.2, 0.25) is 11.0 Å². The van der Waals surface area contributed by atoms with Gasteiger partial charge in [-0.3, -0.25) is 0 Å². The minimum atomic E-state index is -4.54. The van der Waals surface area contributed by atoms with E-state index in [1.54, 1.807) is 18.2 Å². The normalized spacial score (nSPS) is 11.6. The molecule has 2 rings (SSSR count). The molecular formula is C11H9F4N3S. The quantitative estimate of drug-likeness (QED) is 0.878. The molecule has 2 aromatic rings. The van der Waals surface area contributed by atoms with Gasteiger partial charge in [0.1, 0.15) is 5.82 Å². The maximum absolute atomic E-state index is 13.3. The largest absolute Gasteiger partial charge is 0.452 e. The van der Waals surface area contributed by atoms with E-state index >= 15 is 0 Å². The monoisotopic (exact) mass is 291 g/mol. The van der Waals surface area contributed by atoms with Crippen LogP contribution < -0.4 is 5.32 Å². The molecule has 0 saturated heterocycles. The average molecular weight is 291 g/mol. The van der Waals surface area contributed by atoms with Gasteiger partial charge in [-0.05, 0) is 18.1 Å². The van der Waals surface area contributed by atoms with Crippen molar-refractivity contribution in [3.63, 3.8) is 0 Å².